The van der Waals surface area contributed by atoms with E-state index < -0.39 is 0 Å². The van der Waals surface area contributed by atoms with Gasteiger partial charge in [-0.2, -0.15) is 0 Å². The summed E-state index contributed by atoms with van der Waals surface area (Å²) in [6.07, 6.45) is -0.0498. The highest BCUT2D eigenvalue weighted by Crippen LogP contribution is 1.89. The molecule has 0 spiro atoms. The average molecular weight is 161 g/mol. The number of ether oxygens (including phenoxy) is 1. The van der Waals surface area contributed by atoms with Crippen molar-refractivity contribution in [3.8, 4) is 0 Å². The van der Waals surface area contributed by atoms with Gasteiger partial charge in [0.25, 0.3) is 0 Å². The highest BCUT2D eigenvalue weighted by molar-refractivity contribution is 7.80. The summed E-state index contributed by atoms with van der Waals surface area (Å²) in [7, 11) is 0. The van der Waals surface area contributed by atoms with Gasteiger partial charge in [0.05, 0.1) is 6.61 Å². The molecule has 58 valence electrons. The largest absolute Gasteiger partial charge is 0.376 e. The zero-order chi connectivity index (χ0) is 7.40. The third kappa shape index (κ3) is 2.47. The van der Waals surface area contributed by atoms with Crippen molar-refractivity contribution in [1.29, 1.82) is 0 Å². The molecule has 0 amide bonds. The SMILES string of the molecule is NC(=S)NC1CNCCO1. The highest BCUT2D eigenvalue weighted by atomic mass is 32.1. The van der Waals surface area contributed by atoms with Crippen LogP contribution in [0.15, 0.2) is 0 Å². The molecular formula is C5H11N3OS. The molecule has 10 heavy (non-hydrogen) atoms. The first-order chi connectivity index (χ1) is 4.79. The minimum Gasteiger partial charge on any atom is -0.376 e. The molecule has 1 saturated heterocycles. The molecule has 1 aliphatic heterocycles. The van der Waals surface area contributed by atoms with E-state index in [-0.39, 0.29) is 11.3 Å². The van der Waals surface area contributed by atoms with E-state index in [9.17, 15) is 0 Å². The van der Waals surface area contributed by atoms with Crippen LogP contribution in [-0.2, 0) is 4.74 Å². The van der Waals surface area contributed by atoms with Gasteiger partial charge in [-0.1, -0.05) is 0 Å². The van der Waals surface area contributed by atoms with E-state index in [2.05, 4.69) is 22.9 Å². The summed E-state index contributed by atoms with van der Waals surface area (Å²) >= 11 is 4.64. The van der Waals surface area contributed by atoms with Crippen LogP contribution in [-0.4, -0.2) is 31.0 Å². The lowest BCUT2D eigenvalue weighted by Gasteiger charge is -2.24. The number of nitrogens with two attached hydrogens (primary N) is 1. The van der Waals surface area contributed by atoms with Crippen molar-refractivity contribution in [3.63, 3.8) is 0 Å². The molecule has 0 radical (unpaired) electrons. The molecule has 1 heterocycles. The first-order valence-electron chi connectivity index (χ1n) is 3.17. The third-order valence-corrected chi connectivity index (χ3v) is 1.35. The monoisotopic (exact) mass is 161 g/mol. The third-order valence-electron chi connectivity index (χ3n) is 1.23. The Morgan fingerprint density at radius 2 is 2.60 bits per heavy atom. The van der Waals surface area contributed by atoms with Gasteiger partial charge >= 0.3 is 0 Å². The average Bonchev–Trinajstić information content (AvgIpc) is 1.88. The fourth-order valence-corrected chi connectivity index (χ4v) is 0.948. The number of hydrogen-bond acceptors (Lipinski definition) is 3. The van der Waals surface area contributed by atoms with Crippen LogP contribution in [0.25, 0.3) is 0 Å². The molecule has 1 unspecified atom stereocenters. The zero-order valence-corrected chi connectivity index (χ0v) is 6.41. The van der Waals surface area contributed by atoms with Crippen LogP contribution in [0.1, 0.15) is 0 Å². The van der Waals surface area contributed by atoms with E-state index in [0.717, 1.165) is 13.1 Å². The van der Waals surface area contributed by atoms with Crippen molar-refractivity contribution in [1.82, 2.24) is 10.6 Å². The van der Waals surface area contributed by atoms with Crippen LogP contribution >= 0.6 is 12.2 Å². The number of morpholine rings is 1. The van der Waals surface area contributed by atoms with E-state index in [1.165, 1.54) is 0 Å². The van der Waals surface area contributed by atoms with Gasteiger partial charge in [-0.3, -0.25) is 0 Å². The second-order valence-corrected chi connectivity index (χ2v) is 2.51. The second-order valence-electron chi connectivity index (χ2n) is 2.07. The van der Waals surface area contributed by atoms with Gasteiger partial charge in [0.2, 0.25) is 0 Å². The Kier molecular flexibility index (Phi) is 2.85. The maximum Gasteiger partial charge on any atom is 0.165 e. The lowest BCUT2D eigenvalue weighted by Crippen LogP contribution is -2.50. The van der Waals surface area contributed by atoms with Crippen molar-refractivity contribution < 1.29 is 4.74 Å². The van der Waals surface area contributed by atoms with E-state index in [1.54, 1.807) is 0 Å². The summed E-state index contributed by atoms with van der Waals surface area (Å²) in [5.41, 5.74) is 5.24. The zero-order valence-electron chi connectivity index (χ0n) is 5.59. The minimum atomic E-state index is -0.0498. The van der Waals surface area contributed by atoms with Gasteiger partial charge in [0, 0.05) is 13.1 Å². The maximum absolute atomic E-state index is 5.25. The van der Waals surface area contributed by atoms with Gasteiger partial charge in [0.1, 0.15) is 6.23 Å². The summed E-state index contributed by atoms with van der Waals surface area (Å²) in [4.78, 5) is 0. The van der Waals surface area contributed by atoms with Gasteiger partial charge in [-0.15, -0.1) is 0 Å². The molecule has 1 aliphatic rings. The molecule has 4 nitrogen and oxygen atoms in total. The molecule has 0 bridgehead atoms. The topological polar surface area (TPSA) is 59.3 Å². The number of hydrogen-bond donors (Lipinski definition) is 3. The first-order valence-corrected chi connectivity index (χ1v) is 3.58. The predicted molar refractivity (Wildman–Crippen MR) is 42.5 cm³/mol. The Balaban J connectivity index is 2.19. The molecule has 1 atom stereocenters. The highest BCUT2D eigenvalue weighted by Gasteiger charge is 2.11. The summed E-state index contributed by atoms with van der Waals surface area (Å²) in [6.45, 7) is 2.37. The smallest absolute Gasteiger partial charge is 0.165 e. The summed E-state index contributed by atoms with van der Waals surface area (Å²) in [5, 5.41) is 6.23. The number of thiocarbonyl (C=S) groups is 1. The standard InChI is InChI=1S/C5H11N3OS/c6-5(10)8-4-3-7-1-2-9-4/h4,7H,1-3H2,(H3,6,8,10). The minimum absolute atomic E-state index is 0.0498. The van der Waals surface area contributed by atoms with Crippen molar-refractivity contribution in [2.24, 2.45) is 5.73 Å². The van der Waals surface area contributed by atoms with Gasteiger partial charge < -0.3 is 21.1 Å². The fraction of sp³-hybridized carbons (Fsp3) is 0.800. The quantitative estimate of drug-likeness (QED) is 0.420. The van der Waals surface area contributed by atoms with Crippen LogP contribution in [0.3, 0.4) is 0 Å². The van der Waals surface area contributed by atoms with Crippen molar-refractivity contribution in [2.45, 2.75) is 6.23 Å². The Labute approximate surface area is 65.1 Å². The van der Waals surface area contributed by atoms with Gasteiger partial charge in [-0.25, -0.2) is 0 Å². The first kappa shape index (κ1) is 7.71. The summed E-state index contributed by atoms with van der Waals surface area (Å²) in [6, 6.07) is 0. The summed E-state index contributed by atoms with van der Waals surface area (Å²) < 4.78 is 5.25. The maximum atomic E-state index is 5.25. The van der Waals surface area contributed by atoms with Crippen molar-refractivity contribution in [2.75, 3.05) is 19.7 Å². The Morgan fingerprint density at radius 3 is 3.10 bits per heavy atom. The Bertz CT molecular complexity index is 124. The van der Waals surface area contributed by atoms with Crippen LogP contribution in [0.5, 0.6) is 0 Å². The molecule has 0 aromatic heterocycles. The van der Waals surface area contributed by atoms with E-state index in [0.29, 0.717) is 6.61 Å². The summed E-state index contributed by atoms with van der Waals surface area (Å²) in [5.74, 6) is 0. The van der Waals surface area contributed by atoms with Crippen LogP contribution < -0.4 is 16.4 Å². The molecule has 0 saturated carbocycles. The van der Waals surface area contributed by atoms with Crippen molar-refractivity contribution in [3.05, 3.63) is 0 Å². The number of nitrogens with one attached hydrogen (secondary N) is 2. The van der Waals surface area contributed by atoms with Gasteiger partial charge in [-0.05, 0) is 12.2 Å². The lowest BCUT2D eigenvalue weighted by molar-refractivity contribution is 0.0197. The predicted octanol–water partition coefficient (Wildman–Crippen LogP) is -1.23. The van der Waals surface area contributed by atoms with Crippen LogP contribution in [0.2, 0.25) is 0 Å². The molecule has 0 aromatic rings. The normalized spacial score (nSPS) is 25.8. The second kappa shape index (κ2) is 3.70. The number of rotatable bonds is 1. The lowest BCUT2D eigenvalue weighted by atomic mass is 10.4. The molecule has 1 fully saturated rings. The molecule has 0 aliphatic carbocycles. The van der Waals surface area contributed by atoms with E-state index >= 15 is 0 Å². The van der Waals surface area contributed by atoms with Crippen molar-refractivity contribution >= 4 is 17.3 Å². The Hall–Kier alpha value is -0.390. The van der Waals surface area contributed by atoms with Gasteiger partial charge in [0.15, 0.2) is 5.11 Å². The Morgan fingerprint density at radius 1 is 1.80 bits per heavy atom. The van der Waals surface area contributed by atoms with E-state index in [1.807, 2.05) is 0 Å². The van der Waals surface area contributed by atoms with Crippen LogP contribution in [0.4, 0.5) is 0 Å². The molecule has 0 aromatic carbocycles. The molecule has 1 rings (SSSR count). The molecule has 4 N–H and O–H groups in total. The van der Waals surface area contributed by atoms with Crippen LogP contribution in [0, 0.1) is 0 Å². The molecule has 5 heteroatoms. The van der Waals surface area contributed by atoms with E-state index in [4.69, 9.17) is 10.5 Å². The fourth-order valence-electron chi connectivity index (χ4n) is 0.817. The molecular weight excluding hydrogens is 150 g/mol.